The van der Waals surface area contributed by atoms with Gasteiger partial charge in [0.15, 0.2) is 0 Å². The topological polar surface area (TPSA) is 68.5 Å². The average molecular weight is 375 g/mol. The second-order valence-electron chi connectivity index (χ2n) is 6.40. The fraction of sp³-hybridized carbons (Fsp3) is 0.130. The molecule has 1 aromatic heterocycles. The Hall–Kier alpha value is -3.60. The highest BCUT2D eigenvalue weighted by Gasteiger charge is 2.11. The number of nitrogens with zero attached hydrogens (tertiary/aromatic N) is 1. The maximum absolute atomic E-state index is 11.8. The first-order valence-corrected chi connectivity index (χ1v) is 8.87. The predicted octanol–water partition coefficient (Wildman–Crippen LogP) is 4.79. The molecule has 3 aromatic rings. The number of carboxylic acids is 1. The van der Waals surface area contributed by atoms with Crippen LogP contribution in [0.2, 0.25) is 0 Å². The summed E-state index contributed by atoms with van der Waals surface area (Å²) in [5.41, 5.74) is 4.16. The smallest absolute Gasteiger partial charge is 0.338 e. The molecule has 1 heterocycles. The number of aromatic carboxylic acids is 1. The summed E-state index contributed by atoms with van der Waals surface area (Å²) in [4.78, 5) is 22.9. The lowest BCUT2D eigenvalue weighted by atomic mass is 9.99. The monoisotopic (exact) mass is 375 g/mol. The second kappa shape index (κ2) is 7.96. The summed E-state index contributed by atoms with van der Waals surface area (Å²) in [5.74, 6) is -1.29. The Labute approximate surface area is 163 Å². The van der Waals surface area contributed by atoms with Crippen LogP contribution in [-0.2, 0) is 11.3 Å². The molecule has 0 spiro atoms. The van der Waals surface area contributed by atoms with Crippen molar-refractivity contribution in [2.75, 3.05) is 6.61 Å². The average Bonchev–Trinajstić information content (AvgIpc) is 3.09. The van der Waals surface area contributed by atoms with Gasteiger partial charge < -0.3 is 14.4 Å². The van der Waals surface area contributed by atoms with Crippen molar-refractivity contribution in [2.45, 2.75) is 13.5 Å². The van der Waals surface area contributed by atoms with E-state index in [9.17, 15) is 9.59 Å². The van der Waals surface area contributed by atoms with Gasteiger partial charge in [0, 0.05) is 23.6 Å². The summed E-state index contributed by atoms with van der Waals surface area (Å²) in [5, 5.41) is 9.98. The van der Waals surface area contributed by atoms with Crippen molar-refractivity contribution in [1.82, 2.24) is 4.57 Å². The number of hydrogen-bond donors (Lipinski definition) is 1. The molecule has 0 fully saturated rings. The zero-order valence-electron chi connectivity index (χ0n) is 15.6. The summed E-state index contributed by atoms with van der Waals surface area (Å²) in [6.45, 7) is 10.9. The van der Waals surface area contributed by atoms with E-state index in [1.807, 2.05) is 29.0 Å². The van der Waals surface area contributed by atoms with Crippen LogP contribution in [0.15, 0.2) is 73.5 Å². The second-order valence-corrected chi connectivity index (χ2v) is 6.40. The molecule has 2 aromatic carbocycles. The van der Waals surface area contributed by atoms with Gasteiger partial charge in [0.2, 0.25) is 0 Å². The largest absolute Gasteiger partial charge is 0.478 e. The van der Waals surface area contributed by atoms with Crippen LogP contribution < -0.4 is 0 Å². The third-order valence-electron chi connectivity index (χ3n) is 4.55. The summed E-state index contributed by atoms with van der Waals surface area (Å²) in [7, 11) is 0. The van der Waals surface area contributed by atoms with Gasteiger partial charge in [0.25, 0.3) is 0 Å². The van der Waals surface area contributed by atoms with Gasteiger partial charge >= 0.3 is 11.9 Å². The molecule has 142 valence electrons. The van der Waals surface area contributed by atoms with Crippen LogP contribution >= 0.6 is 0 Å². The van der Waals surface area contributed by atoms with Crippen molar-refractivity contribution in [1.29, 1.82) is 0 Å². The van der Waals surface area contributed by atoms with Crippen molar-refractivity contribution in [3.63, 3.8) is 0 Å². The molecule has 0 aliphatic heterocycles. The highest BCUT2D eigenvalue weighted by atomic mass is 16.5. The maximum atomic E-state index is 11.8. The van der Waals surface area contributed by atoms with Gasteiger partial charge in [-0.3, -0.25) is 0 Å². The van der Waals surface area contributed by atoms with E-state index >= 15 is 0 Å². The SMILES string of the molecule is C=C(Cn1ccc2cc(C(=O)O)ccc21)C(=C)c1ccc(C(=O)OCC)cc1. The maximum Gasteiger partial charge on any atom is 0.338 e. The Kier molecular flexibility index (Phi) is 5.45. The Morgan fingerprint density at radius 3 is 2.29 bits per heavy atom. The van der Waals surface area contributed by atoms with Crippen molar-refractivity contribution >= 4 is 28.4 Å². The van der Waals surface area contributed by atoms with E-state index in [0.717, 1.165) is 27.6 Å². The van der Waals surface area contributed by atoms with Gasteiger partial charge in [0.05, 0.1) is 17.7 Å². The fourth-order valence-corrected chi connectivity index (χ4v) is 3.00. The highest BCUT2D eigenvalue weighted by molar-refractivity contribution is 5.94. The first kappa shape index (κ1) is 19.2. The summed E-state index contributed by atoms with van der Waals surface area (Å²) >= 11 is 0. The Morgan fingerprint density at radius 1 is 1.00 bits per heavy atom. The quantitative estimate of drug-likeness (QED) is 0.476. The number of hydrogen-bond acceptors (Lipinski definition) is 3. The number of carbonyl (C=O) groups excluding carboxylic acids is 1. The molecule has 0 amide bonds. The molecule has 0 radical (unpaired) electrons. The third kappa shape index (κ3) is 3.88. The van der Waals surface area contributed by atoms with Gasteiger partial charge in [-0.25, -0.2) is 9.59 Å². The van der Waals surface area contributed by atoms with Gasteiger partial charge in [-0.2, -0.15) is 0 Å². The Bertz CT molecular complexity index is 1070. The zero-order chi connectivity index (χ0) is 20.3. The molecule has 5 heteroatoms. The number of ether oxygens (including phenoxy) is 1. The molecule has 0 saturated heterocycles. The van der Waals surface area contributed by atoms with E-state index in [4.69, 9.17) is 9.84 Å². The number of fused-ring (bicyclic) bond motifs is 1. The van der Waals surface area contributed by atoms with Crippen LogP contribution in [0.3, 0.4) is 0 Å². The molecular formula is C23H21NO4. The van der Waals surface area contributed by atoms with E-state index in [1.54, 1.807) is 37.3 Å². The number of carbonyl (C=O) groups is 2. The molecule has 0 aliphatic rings. The Morgan fingerprint density at radius 2 is 1.64 bits per heavy atom. The van der Waals surface area contributed by atoms with Gasteiger partial charge in [0.1, 0.15) is 0 Å². The first-order chi connectivity index (χ1) is 13.4. The molecule has 5 nitrogen and oxygen atoms in total. The molecular weight excluding hydrogens is 354 g/mol. The minimum absolute atomic E-state index is 0.259. The predicted molar refractivity (Wildman–Crippen MR) is 109 cm³/mol. The standard InChI is InChI=1S/C23H21NO4/c1-4-28-23(27)18-7-5-17(6-8-18)16(3)15(2)14-24-12-11-19-13-20(22(25)26)9-10-21(19)24/h5-13H,2-4,14H2,1H3,(H,25,26). The number of aromatic nitrogens is 1. The van der Waals surface area contributed by atoms with E-state index in [0.29, 0.717) is 18.7 Å². The van der Waals surface area contributed by atoms with Crippen LogP contribution in [0.5, 0.6) is 0 Å². The lowest BCUT2D eigenvalue weighted by molar-refractivity contribution is 0.0526. The first-order valence-electron chi connectivity index (χ1n) is 8.87. The van der Waals surface area contributed by atoms with Crippen molar-refractivity contribution in [2.24, 2.45) is 0 Å². The van der Waals surface area contributed by atoms with Crippen LogP contribution in [0.4, 0.5) is 0 Å². The van der Waals surface area contributed by atoms with Crippen LogP contribution in [0.1, 0.15) is 33.2 Å². The number of carboxylic acid groups (broad SMARTS) is 1. The summed E-state index contributed by atoms with van der Waals surface area (Å²) < 4.78 is 6.99. The molecule has 3 rings (SSSR count). The number of rotatable bonds is 7. The lowest BCUT2D eigenvalue weighted by Crippen LogP contribution is -2.05. The summed E-state index contributed by atoms with van der Waals surface area (Å²) in [6, 6.07) is 14.0. The molecule has 0 unspecified atom stereocenters. The Balaban J connectivity index is 1.75. The van der Waals surface area contributed by atoms with E-state index in [1.165, 1.54) is 0 Å². The van der Waals surface area contributed by atoms with Crippen LogP contribution in [-0.4, -0.2) is 28.2 Å². The minimum Gasteiger partial charge on any atom is -0.478 e. The molecule has 1 N–H and O–H groups in total. The molecule has 0 atom stereocenters. The van der Waals surface area contributed by atoms with Gasteiger partial charge in [-0.15, -0.1) is 0 Å². The van der Waals surface area contributed by atoms with Crippen molar-refractivity contribution in [3.05, 3.63) is 90.1 Å². The fourth-order valence-electron chi connectivity index (χ4n) is 3.00. The lowest BCUT2D eigenvalue weighted by Gasteiger charge is -2.12. The van der Waals surface area contributed by atoms with Crippen LogP contribution in [0, 0.1) is 0 Å². The number of esters is 1. The number of allylic oxidation sites excluding steroid dienone is 2. The van der Waals surface area contributed by atoms with E-state index in [2.05, 4.69) is 13.2 Å². The van der Waals surface area contributed by atoms with Crippen molar-refractivity contribution < 1.29 is 19.4 Å². The molecule has 0 aliphatic carbocycles. The van der Waals surface area contributed by atoms with Crippen LogP contribution in [0.25, 0.3) is 16.5 Å². The molecule has 0 saturated carbocycles. The molecule has 28 heavy (non-hydrogen) atoms. The highest BCUT2D eigenvalue weighted by Crippen LogP contribution is 2.25. The minimum atomic E-state index is -0.946. The van der Waals surface area contributed by atoms with Gasteiger partial charge in [-0.1, -0.05) is 25.3 Å². The normalized spacial score (nSPS) is 10.6. The summed E-state index contributed by atoms with van der Waals surface area (Å²) in [6.07, 6.45) is 1.90. The van der Waals surface area contributed by atoms with Crippen molar-refractivity contribution in [3.8, 4) is 0 Å². The number of benzene rings is 2. The van der Waals surface area contributed by atoms with Gasteiger partial charge in [-0.05, 0) is 60.0 Å². The third-order valence-corrected chi connectivity index (χ3v) is 4.55. The van der Waals surface area contributed by atoms with E-state index in [-0.39, 0.29) is 11.5 Å². The zero-order valence-corrected chi connectivity index (χ0v) is 15.6. The van der Waals surface area contributed by atoms with E-state index < -0.39 is 5.97 Å². The molecule has 0 bridgehead atoms.